The molecule has 0 saturated heterocycles. The van der Waals surface area contributed by atoms with Crippen molar-refractivity contribution in [2.45, 2.75) is 66.2 Å². The highest BCUT2D eigenvalue weighted by Gasteiger charge is 2.33. The van der Waals surface area contributed by atoms with Crippen LogP contribution >= 0.6 is 0 Å². The van der Waals surface area contributed by atoms with E-state index in [4.69, 9.17) is 5.11 Å². The number of halogens is 1. The Morgan fingerprint density at radius 3 is 2.48 bits per heavy atom. The lowest BCUT2D eigenvalue weighted by Crippen LogP contribution is -2.38. The molecule has 4 heteroatoms. The monoisotopic (exact) mass is 399 g/mol. The molecule has 0 atom stereocenters. The molecule has 1 aliphatic rings. The summed E-state index contributed by atoms with van der Waals surface area (Å²) in [5, 5.41) is 8.84. The number of anilines is 1. The van der Waals surface area contributed by atoms with Gasteiger partial charge in [0.15, 0.2) is 0 Å². The van der Waals surface area contributed by atoms with Gasteiger partial charge in [-0.25, -0.2) is 9.18 Å². The zero-order valence-electron chi connectivity index (χ0n) is 18.8. The molecule has 158 valence electrons. The summed E-state index contributed by atoms with van der Waals surface area (Å²) in [4.78, 5) is 13.1. The molecule has 1 heterocycles. The molecular formula is C25H34FNO2. The topological polar surface area (TPSA) is 40.5 Å². The molecule has 0 saturated carbocycles. The Morgan fingerprint density at radius 1 is 1.28 bits per heavy atom. The van der Waals surface area contributed by atoms with E-state index >= 15 is 4.39 Å². The minimum absolute atomic E-state index is 0.0358. The molecule has 1 N–H and O–H groups in total. The fourth-order valence-corrected chi connectivity index (χ4v) is 3.81. The van der Waals surface area contributed by atoms with E-state index in [1.54, 1.807) is 6.92 Å². The number of carboxylic acid groups (broad SMARTS) is 1. The summed E-state index contributed by atoms with van der Waals surface area (Å²) in [6.45, 7) is 16.3. The molecule has 0 aliphatic carbocycles. The number of hydrogen-bond donors (Lipinski definition) is 1. The standard InChI is InChI=1S/C25H34FNO2/c1-8-27-12-11-25(6,7)21-15-19(16(2)3)14-20(24(21)27)18(5)22(26)10-9-17(4)13-23(28)29/h9-10,13-16H,8,11-12H2,1-7H3,(H,28,29)/b10-9+,17-13+,22-18+. The Balaban J connectivity index is 2.68. The number of fused-ring (bicyclic) bond motifs is 1. The predicted octanol–water partition coefficient (Wildman–Crippen LogP) is 6.61. The summed E-state index contributed by atoms with van der Waals surface area (Å²) >= 11 is 0. The van der Waals surface area contributed by atoms with Crippen molar-refractivity contribution in [2.75, 3.05) is 18.0 Å². The molecule has 1 aromatic carbocycles. The van der Waals surface area contributed by atoms with E-state index < -0.39 is 5.97 Å². The molecule has 2 rings (SSSR count). The van der Waals surface area contributed by atoms with Crippen molar-refractivity contribution in [3.8, 4) is 0 Å². The number of hydrogen-bond acceptors (Lipinski definition) is 2. The number of rotatable bonds is 6. The van der Waals surface area contributed by atoms with Crippen LogP contribution in [-0.4, -0.2) is 24.2 Å². The van der Waals surface area contributed by atoms with Crippen molar-refractivity contribution in [2.24, 2.45) is 0 Å². The Morgan fingerprint density at radius 2 is 1.93 bits per heavy atom. The van der Waals surface area contributed by atoms with Crippen molar-refractivity contribution in [1.29, 1.82) is 0 Å². The quantitative estimate of drug-likeness (QED) is 0.432. The molecule has 0 aromatic heterocycles. The van der Waals surface area contributed by atoms with Gasteiger partial charge in [-0.1, -0.05) is 39.8 Å². The number of aliphatic carboxylic acids is 1. The molecule has 29 heavy (non-hydrogen) atoms. The second kappa shape index (κ2) is 8.98. The van der Waals surface area contributed by atoms with Crippen molar-refractivity contribution in [3.63, 3.8) is 0 Å². The third kappa shape index (κ3) is 5.17. The number of allylic oxidation sites excluding steroid dienone is 5. The van der Waals surface area contributed by atoms with Crippen molar-refractivity contribution in [1.82, 2.24) is 0 Å². The van der Waals surface area contributed by atoms with E-state index in [1.165, 1.54) is 23.3 Å². The summed E-state index contributed by atoms with van der Waals surface area (Å²) in [5.41, 5.74) is 5.67. The summed E-state index contributed by atoms with van der Waals surface area (Å²) in [7, 11) is 0. The van der Waals surface area contributed by atoms with Gasteiger partial charge in [0.25, 0.3) is 0 Å². The highest BCUT2D eigenvalue weighted by atomic mass is 19.1. The fourth-order valence-electron chi connectivity index (χ4n) is 3.81. The van der Waals surface area contributed by atoms with Crippen LogP contribution in [0.2, 0.25) is 0 Å². The third-order valence-corrected chi connectivity index (χ3v) is 5.84. The van der Waals surface area contributed by atoms with Gasteiger partial charge in [-0.15, -0.1) is 0 Å². The Kier molecular flexibility index (Phi) is 7.10. The maximum absolute atomic E-state index is 15.1. The largest absolute Gasteiger partial charge is 0.478 e. The van der Waals surface area contributed by atoms with E-state index in [0.717, 1.165) is 36.8 Å². The van der Waals surface area contributed by atoms with E-state index in [0.29, 0.717) is 17.1 Å². The first kappa shape index (κ1) is 22.9. The first-order valence-electron chi connectivity index (χ1n) is 10.4. The van der Waals surface area contributed by atoms with Crippen LogP contribution in [0, 0.1) is 0 Å². The molecule has 0 unspecified atom stereocenters. The van der Waals surface area contributed by atoms with Gasteiger partial charge in [0.1, 0.15) is 5.83 Å². The molecular weight excluding hydrogens is 365 g/mol. The first-order chi connectivity index (χ1) is 13.5. The van der Waals surface area contributed by atoms with Gasteiger partial charge in [-0.2, -0.15) is 0 Å². The fraction of sp³-hybridized carbons (Fsp3) is 0.480. The normalized spacial score (nSPS) is 17.6. The first-order valence-corrected chi connectivity index (χ1v) is 10.4. The van der Waals surface area contributed by atoms with Crippen molar-refractivity contribution < 1.29 is 14.3 Å². The molecule has 1 aromatic rings. The number of benzene rings is 1. The second-order valence-corrected chi connectivity index (χ2v) is 8.87. The van der Waals surface area contributed by atoms with Crippen LogP contribution in [0.1, 0.15) is 77.5 Å². The highest BCUT2D eigenvalue weighted by molar-refractivity contribution is 5.83. The van der Waals surface area contributed by atoms with Gasteiger partial charge in [0, 0.05) is 30.4 Å². The van der Waals surface area contributed by atoms with E-state index in [-0.39, 0.29) is 11.2 Å². The summed E-state index contributed by atoms with van der Waals surface area (Å²) in [5.74, 6) is -1.03. The van der Waals surface area contributed by atoms with Gasteiger partial charge in [0.05, 0.1) is 0 Å². The zero-order valence-corrected chi connectivity index (χ0v) is 18.8. The van der Waals surface area contributed by atoms with Crippen LogP contribution in [0.15, 0.2) is 41.8 Å². The average Bonchev–Trinajstić information content (AvgIpc) is 2.64. The van der Waals surface area contributed by atoms with Crippen molar-refractivity contribution >= 4 is 17.2 Å². The molecule has 0 radical (unpaired) electrons. The van der Waals surface area contributed by atoms with Gasteiger partial charge in [-0.05, 0) is 72.9 Å². The van der Waals surface area contributed by atoms with E-state index in [1.807, 2.05) is 6.92 Å². The Bertz CT molecular complexity index is 875. The van der Waals surface area contributed by atoms with Gasteiger partial charge in [0.2, 0.25) is 0 Å². The zero-order chi connectivity index (χ0) is 21.9. The number of carboxylic acids is 1. The molecule has 3 nitrogen and oxygen atoms in total. The maximum atomic E-state index is 15.1. The lowest BCUT2D eigenvalue weighted by molar-refractivity contribution is -0.131. The lowest BCUT2D eigenvalue weighted by Gasteiger charge is -2.42. The lowest BCUT2D eigenvalue weighted by atomic mass is 9.74. The second-order valence-electron chi connectivity index (χ2n) is 8.87. The summed E-state index contributed by atoms with van der Waals surface area (Å²) in [6.07, 6.45) is 5.01. The highest BCUT2D eigenvalue weighted by Crippen LogP contribution is 2.45. The summed E-state index contributed by atoms with van der Waals surface area (Å²) < 4.78 is 15.1. The molecule has 1 aliphatic heterocycles. The minimum Gasteiger partial charge on any atom is -0.478 e. The number of nitrogens with zero attached hydrogens (tertiary/aromatic N) is 1. The third-order valence-electron chi connectivity index (χ3n) is 5.84. The maximum Gasteiger partial charge on any atom is 0.328 e. The van der Waals surface area contributed by atoms with Crippen LogP contribution in [0.4, 0.5) is 10.1 Å². The Hall–Kier alpha value is -2.36. The van der Waals surface area contributed by atoms with Gasteiger partial charge < -0.3 is 10.0 Å². The molecule has 0 amide bonds. The minimum atomic E-state index is -1.03. The average molecular weight is 400 g/mol. The van der Waals surface area contributed by atoms with Gasteiger partial charge >= 0.3 is 5.97 Å². The van der Waals surface area contributed by atoms with Crippen LogP contribution in [-0.2, 0) is 10.2 Å². The molecule has 0 fully saturated rings. The molecule has 0 bridgehead atoms. The SMILES string of the molecule is CCN1CCC(C)(C)c2cc(C(C)C)cc(\C(C)=C(F)/C=C/C(C)=C/C(=O)O)c21. The smallest absolute Gasteiger partial charge is 0.328 e. The van der Waals surface area contributed by atoms with E-state index in [9.17, 15) is 4.79 Å². The Labute approximate surface area is 174 Å². The van der Waals surface area contributed by atoms with E-state index in [2.05, 4.69) is 51.7 Å². The predicted molar refractivity (Wildman–Crippen MR) is 120 cm³/mol. The van der Waals surface area contributed by atoms with Crippen molar-refractivity contribution in [3.05, 3.63) is 58.5 Å². The summed E-state index contributed by atoms with van der Waals surface area (Å²) in [6, 6.07) is 4.42. The molecule has 0 spiro atoms. The van der Waals surface area contributed by atoms with Crippen LogP contribution in [0.25, 0.3) is 5.57 Å². The van der Waals surface area contributed by atoms with Crippen LogP contribution < -0.4 is 4.90 Å². The number of carbonyl (C=O) groups is 1. The van der Waals surface area contributed by atoms with Crippen LogP contribution in [0.3, 0.4) is 0 Å². The van der Waals surface area contributed by atoms with Gasteiger partial charge in [-0.3, -0.25) is 0 Å². The van der Waals surface area contributed by atoms with Crippen LogP contribution in [0.5, 0.6) is 0 Å².